The largest absolute Gasteiger partial charge is 0.459 e. The summed E-state index contributed by atoms with van der Waals surface area (Å²) in [7, 11) is 0. The average molecular weight is 405 g/mol. The Balaban J connectivity index is 2.06. The van der Waals surface area contributed by atoms with Gasteiger partial charge in [0.25, 0.3) is 0 Å². The zero-order chi connectivity index (χ0) is 21.8. The third kappa shape index (κ3) is 6.30. The Morgan fingerprint density at radius 2 is 1.72 bits per heavy atom. The van der Waals surface area contributed by atoms with Crippen LogP contribution in [0.15, 0.2) is 35.5 Å². The lowest BCUT2D eigenvalue weighted by atomic mass is 9.79. The Morgan fingerprint density at radius 3 is 2.28 bits per heavy atom. The van der Waals surface area contributed by atoms with Gasteiger partial charge in [-0.25, -0.2) is 9.59 Å². The van der Waals surface area contributed by atoms with E-state index in [9.17, 15) is 9.59 Å². The van der Waals surface area contributed by atoms with E-state index in [1.165, 1.54) is 0 Å². The first-order valence-electron chi connectivity index (χ1n) is 10.6. The van der Waals surface area contributed by atoms with Crippen molar-refractivity contribution in [2.24, 2.45) is 5.92 Å². The lowest BCUT2D eigenvalue weighted by Gasteiger charge is -2.33. The first kappa shape index (κ1) is 23.4. The Labute approximate surface area is 175 Å². The highest BCUT2D eigenvalue weighted by Crippen LogP contribution is 2.42. The first-order chi connectivity index (χ1) is 13.6. The SMILES string of the molecule is C=C([C@@H]1CCC[C@@H](OC(=O)/C(C)=C\C)C1)[C@H](C[C@@H]1OC1(C)C)OC(=O)/C(C)=C\C. The fraction of sp³-hybridized carbons (Fsp3) is 0.667. The van der Waals surface area contributed by atoms with Gasteiger partial charge >= 0.3 is 11.9 Å². The molecule has 4 atom stereocenters. The monoisotopic (exact) mass is 404 g/mol. The van der Waals surface area contributed by atoms with Crippen molar-refractivity contribution in [1.82, 2.24) is 0 Å². The summed E-state index contributed by atoms with van der Waals surface area (Å²) in [5.74, 6) is -0.429. The molecule has 1 saturated carbocycles. The molecule has 1 heterocycles. The number of esters is 2. The predicted octanol–water partition coefficient (Wildman–Crippen LogP) is 5.06. The van der Waals surface area contributed by atoms with Crippen LogP contribution in [0, 0.1) is 5.92 Å². The lowest BCUT2D eigenvalue weighted by Crippen LogP contribution is -2.32. The molecule has 2 rings (SSSR count). The van der Waals surface area contributed by atoms with E-state index in [4.69, 9.17) is 14.2 Å². The molecule has 5 nitrogen and oxygen atoms in total. The van der Waals surface area contributed by atoms with Crippen LogP contribution < -0.4 is 0 Å². The molecule has 0 amide bonds. The molecular weight excluding hydrogens is 368 g/mol. The minimum atomic E-state index is -0.402. The maximum atomic E-state index is 12.4. The molecule has 5 heteroatoms. The maximum absolute atomic E-state index is 12.4. The van der Waals surface area contributed by atoms with E-state index >= 15 is 0 Å². The van der Waals surface area contributed by atoms with Crippen molar-refractivity contribution in [1.29, 1.82) is 0 Å². The Morgan fingerprint density at radius 1 is 1.14 bits per heavy atom. The van der Waals surface area contributed by atoms with Crippen molar-refractivity contribution in [3.05, 3.63) is 35.5 Å². The third-order valence-corrected chi connectivity index (χ3v) is 6.19. The molecule has 1 aliphatic carbocycles. The van der Waals surface area contributed by atoms with Crippen molar-refractivity contribution in [3.8, 4) is 0 Å². The molecule has 0 aromatic rings. The van der Waals surface area contributed by atoms with E-state index < -0.39 is 6.10 Å². The number of rotatable bonds is 8. The minimum Gasteiger partial charge on any atom is -0.459 e. The Bertz CT molecular complexity index is 700. The highest BCUT2D eigenvalue weighted by molar-refractivity contribution is 5.88. The summed E-state index contributed by atoms with van der Waals surface area (Å²) in [5.41, 5.74) is 1.91. The van der Waals surface area contributed by atoms with Gasteiger partial charge in [0.2, 0.25) is 0 Å². The fourth-order valence-electron chi connectivity index (χ4n) is 3.69. The number of carbonyl (C=O) groups is 2. The summed E-state index contributed by atoms with van der Waals surface area (Å²) in [6.45, 7) is 15.5. The second-order valence-corrected chi connectivity index (χ2v) is 8.75. The number of allylic oxidation sites excluding steroid dienone is 2. The van der Waals surface area contributed by atoms with Crippen LogP contribution >= 0.6 is 0 Å². The van der Waals surface area contributed by atoms with Gasteiger partial charge in [0.15, 0.2) is 0 Å². The van der Waals surface area contributed by atoms with Crippen LogP contribution in [0.1, 0.15) is 73.6 Å². The van der Waals surface area contributed by atoms with Gasteiger partial charge in [0.05, 0.1) is 11.7 Å². The average Bonchev–Trinajstić information content (AvgIpc) is 3.31. The van der Waals surface area contributed by atoms with Crippen LogP contribution in [-0.4, -0.2) is 35.9 Å². The van der Waals surface area contributed by atoms with E-state index in [-0.39, 0.29) is 35.7 Å². The molecule has 0 N–H and O–H groups in total. The molecule has 2 fully saturated rings. The molecule has 1 saturated heterocycles. The van der Waals surface area contributed by atoms with E-state index in [0.717, 1.165) is 24.8 Å². The standard InChI is InChI=1S/C24H36O5/c1-8-15(3)22(25)27-19-12-10-11-18(13-19)17(5)20(14-21-24(6,7)29-21)28-23(26)16(4)9-2/h8-9,18-21H,5,10-14H2,1-4,6-7H3/b15-8-,16-9-/t18-,19-,20+,21+/m1/s1. The van der Waals surface area contributed by atoms with Crippen LogP contribution in [0.2, 0.25) is 0 Å². The summed E-state index contributed by atoms with van der Waals surface area (Å²) in [6, 6.07) is 0. The fourth-order valence-corrected chi connectivity index (χ4v) is 3.69. The number of epoxide rings is 1. The molecule has 0 unspecified atom stereocenters. The molecule has 2 aliphatic rings. The van der Waals surface area contributed by atoms with Crippen molar-refractivity contribution >= 4 is 11.9 Å². The van der Waals surface area contributed by atoms with Crippen LogP contribution in [0.4, 0.5) is 0 Å². The minimum absolute atomic E-state index is 0.0533. The Kier molecular flexibility index (Phi) is 7.87. The van der Waals surface area contributed by atoms with Crippen molar-refractivity contribution in [3.63, 3.8) is 0 Å². The van der Waals surface area contributed by atoms with Crippen molar-refractivity contribution in [2.45, 2.75) is 97.6 Å². The number of ether oxygens (including phenoxy) is 3. The highest BCUT2D eigenvalue weighted by Gasteiger charge is 2.49. The molecule has 0 radical (unpaired) electrons. The van der Waals surface area contributed by atoms with Gasteiger partial charge in [-0.2, -0.15) is 0 Å². The zero-order valence-electron chi connectivity index (χ0n) is 18.7. The normalized spacial score (nSPS) is 27.7. The van der Waals surface area contributed by atoms with Gasteiger partial charge in [-0.15, -0.1) is 0 Å². The first-order valence-corrected chi connectivity index (χ1v) is 10.6. The van der Waals surface area contributed by atoms with Gasteiger partial charge in [-0.1, -0.05) is 18.7 Å². The summed E-state index contributed by atoms with van der Waals surface area (Å²) in [4.78, 5) is 24.5. The molecule has 1 aliphatic heterocycles. The molecule has 162 valence electrons. The molecule has 0 bridgehead atoms. The zero-order valence-corrected chi connectivity index (χ0v) is 18.7. The van der Waals surface area contributed by atoms with E-state index in [0.29, 0.717) is 24.0 Å². The summed E-state index contributed by atoms with van der Waals surface area (Å²) >= 11 is 0. The second-order valence-electron chi connectivity index (χ2n) is 8.75. The summed E-state index contributed by atoms with van der Waals surface area (Å²) < 4.78 is 17.2. The Hall–Kier alpha value is -1.88. The smallest absolute Gasteiger partial charge is 0.333 e. The quantitative estimate of drug-likeness (QED) is 0.245. The van der Waals surface area contributed by atoms with E-state index in [1.807, 2.05) is 27.7 Å². The molecule has 0 aromatic heterocycles. The number of carbonyl (C=O) groups excluding carboxylic acids is 2. The van der Waals surface area contributed by atoms with E-state index in [1.54, 1.807) is 26.0 Å². The van der Waals surface area contributed by atoms with Crippen LogP contribution in [0.3, 0.4) is 0 Å². The maximum Gasteiger partial charge on any atom is 0.333 e. The topological polar surface area (TPSA) is 65.1 Å². The van der Waals surface area contributed by atoms with Crippen molar-refractivity contribution < 1.29 is 23.8 Å². The van der Waals surface area contributed by atoms with Crippen LogP contribution in [0.25, 0.3) is 0 Å². The van der Waals surface area contributed by atoms with Gasteiger partial charge in [-0.3, -0.25) is 0 Å². The third-order valence-electron chi connectivity index (χ3n) is 6.19. The van der Waals surface area contributed by atoms with Gasteiger partial charge in [0.1, 0.15) is 12.2 Å². The van der Waals surface area contributed by atoms with Gasteiger partial charge in [-0.05, 0) is 78.7 Å². The second kappa shape index (κ2) is 9.75. The van der Waals surface area contributed by atoms with Crippen molar-refractivity contribution in [2.75, 3.05) is 0 Å². The molecular formula is C24H36O5. The lowest BCUT2D eigenvalue weighted by molar-refractivity contribution is -0.146. The van der Waals surface area contributed by atoms with Crippen LogP contribution in [-0.2, 0) is 23.8 Å². The number of hydrogen-bond donors (Lipinski definition) is 0. The number of hydrogen-bond acceptors (Lipinski definition) is 5. The van der Waals surface area contributed by atoms with Gasteiger partial charge in [0, 0.05) is 17.6 Å². The van der Waals surface area contributed by atoms with Crippen LogP contribution in [0.5, 0.6) is 0 Å². The summed E-state index contributed by atoms with van der Waals surface area (Å²) in [5, 5.41) is 0. The summed E-state index contributed by atoms with van der Waals surface area (Å²) in [6.07, 6.45) is 7.12. The van der Waals surface area contributed by atoms with Gasteiger partial charge < -0.3 is 14.2 Å². The highest BCUT2D eigenvalue weighted by atomic mass is 16.6. The predicted molar refractivity (Wildman–Crippen MR) is 113 cm³/mol. The molecule has 0 aromatic carbocycles. The van der Waals surface area contributed by atoms with E-state index in [2.05, 4.69) is 6.58 Å². The molecule has 0 spiro atoms. The molecule has 29 heavy (non-hydrogen) atoms.